The molecule has 5 rings (SSSR count). The van der Waals surface area contributed by atoms with Crippen LogP contribution < -0.4 is 5.32 Å². The third-order valence-corrected chi connectivity index (χ3v) is 5.38. The highest BCUT2D eigenvalue weighted by Crippen LogP contribution is 2.23. The smallest absolute Gasteiger partial charge is 0.256 e. The second-order valence-corrected chi connectivity index (χ2v) is 7.69. The fourth-order valence-corrected chi connectivity index (χ4v) is 3.73. The van der Waals surface area contributed by atoms with Gasteiger partial charge in [-0.25, -0.2) is 4.98 Å². The number of carbonyl (C=O) groups excluding carboxylic acids is 1. The molecule has 8 heteroatoms. The van der Waals surface area contributed by atoms with Gasteiger partial charge in [-0.2, -0.15) is 0 Å². The summed E-state index contributed by atoms with van der Waals surface area (Å²) in [5, 5.41) is 12.8. The minimum atomic E-state index is -0.160. The lowest BCUT2D eigenvalue weighted by molar-refractivity contribution is 0.102. The number of aryl methyl sites for hydroxylation is 1. The molecule has 0 atom stereocenters. The van der Waals surface area contributed by atoms with Crippen LogP contribution in [0, 0.1) is 0 Å². The summed E-state index contributed by atoms with van der Waals surface area (Å²) < 4.78 is 1.63. The zero-order chi connectivity index (χ0) is 20.7. The van der Waals surface area contributed by atoms with Crippen molar-refractivity contribution in [1.82, 2.24) is 29.9 Å². The van der Waals surface area contributed by atoms with Gasteiger partial charge < -0.3 is 10.2 Å². The van der Waals surface area contributed by atoms with Crippen molar-refractivity contribution in [2.75, 3.05) is 18.9 Å². The number of carbonyl (C=O) groups is 1. The molecule has 30 heavy (non-hydrogen) atoms. The van der Waals surface area contributed by atoms with E-state index in [1.54, 1.807) is 17.1 Å². The first kappa shape index (κ1) is 18.4. The van der Waals surface area contributed by atoms with Crippen LogP contribution in [0.3, 0.4) is 0 Å². The van der Waals surface area contributed by atoms with Gasteiger partial charge in [0.15, 0.2) is 0 Å². The molecule has 0 unspecified atom stereocenters. The summed E-state index contributed by atoms with van der Waals surface area (Å²) in [6.45, 7) is 1.93. The Morgan fingerprint density at radius 2 is 1.87 bits per heavy atom. The van der Waals surface area contributed by atoms with Crippen LogP contribution in [-0.4, -0.2) is 49.4 Å². The lowest BCUT2D eigenvalue weighted by atomic mass is 9.97. The van der Waals surface area contributed by atoms with Gasteiger partial charge in [-0.15, -0.1) is 5.10 Å². The van der Waals surface area contributed by atoms with E-state index in [2.05, 4.69) is 37.5 Å². The maximum atomic E-state index is 12.8. The average molecular weight is 399 g/mol. The lowest BCUT2D eigenvalue weighted by Crippen LogP contribution is -2.27. The van der Waals surface area contributed by atoms with Crippen LogP contribution >= 0.6 is 0 Å². The van der Waals surface area contributed by atoms with Crippen molar-refractivity contribution >= 4 is 22.5 Å². The number of hydrogen-bond acceptors (Lipinski definition) is 6. The van der Waals surface area contributed by atoms with Gasteiger partial charge in [-0.05, 0) is 54.2 Å². The van der Waals surface area contributed by atoms with Crippen LogP contribution in [0.1, 0.15) is 21.5 Å². The standard InChI is InChI=1S/C22H21N7O/c1-28-6-5-14-7-15(3-4-16(14)12-28)22(30)25-21-9-17-8-19(20-13-29(2)27-26-20)23-10-18(17)11-24-21/h3-4,7-11,13H,5-6,12H2,1-2H3,(H,24,25,30). The number of anilines is 1. The number of benzene rings is 1. The van der Waals surface area contributed by atoms with Crippen molar-refractivity contribution in [3.8, 4) is 11.4 Å². The van der Waals surface area contributed by atoms with Gasteiger partial charge in [0.05, 0.1) is 11.9 Å². The van der Waals surface area contributed by atoms with Crippen molar-refractivity contribution in [3.05, 3.63) is 65.6 Å². The Hall–Kier alpha value is -3.65. The Balaban J connectivity index is 1.40. The molecule has 1 aliphatic heterocycles. The summed E-state index contributed by atoms with van der Waals surface area (Å²) in [6, 6.07) is 9.69. The average Bonchev–Trinajstić information content (AvgIpc) is 3.19. The maximum Gasteiger partial charge on any atom is 0.256 e. The number of aromatic nitrogens is 5. The van der Waals surface area contributed by atoms with Crippen LogP contribution in [0.5, 0.6) is 0 Å². The van der Waals surface area contributed by atoms with E-state index in [1.807, 2.05) is 43.6 Å². The molecular weight excluding hydrogens is 378 g/mol. The normalized spacial score (nSPS) is 13.9. The molecule has 0 saturated carbocycles. The van der Waals surface area contributed by atoms with Gasteiger partial charge >= 0.3 is 0 Å². The van der Waals surface area contributed by atoms with E-state index in [1.165, 1.54) is 11.1 Å². The zero-order valence-electron chi connectivity index (χ0n) is 16.8. The first-order valence-corrected chi connectivity index (χ1v) is 9.79. The quantitative estimate of drug-likeness (QED) is 0.570. The predicted octanol–water partition coefficient (Wildman–Crippen LogP) is 2.67. The highest BCUT2D eigenvalue weighted by atomic mass is 16.1. The van der Waals surface area contributed by atoms with E-state index in [9.17, 15) is 4.79 Å². The lowest BCUT2D eigenvalue weighted by Gasteiger charge is -2.25. The monoisotopic (exact) mass is 399 g/mol. The highest BCUT2D eigenvalue weighted by molar-refractivity contribution is 6.04. The van der Waals surface area contributed by atoms with Crippen LogP contribution in [0.25, 0.3) is 22.2 Å². The number of nitrogens with zero attached hydrogens (tertiary/aromatic N) is 6. The number of nitrogens with one attached hydrogen (secondary N) is 1. The second-order valence-electron chi connectivity index (χ2n) is 7.69. The van der Waals surface area contributed by atoms with E-state index in [0.29, 0.717) is 17.1 Å². The molecule has 1 aromatic carbocycles. The molecule has 4 heterocycles. The number of fused-ring (bicyclic) bond motifs is 2. The molecule has 0 radical (unpaired) electrons. The van der Waals surface area contributed by atoms with Gasteiger partial charge in [0.1, 0.15) is 11.5 Å². The van der Waals surface area contributed by atoms with Crippen molar-refractivity contribution in [1.29, 1.82) is 0 Å². The van der Waals surface area contributed by atoms with E-state index in [-0.39, 0.29) is 5.91 Å². The number of amides is 1. The summed E-state index contributed by atoms with van der Waals surface area (Å²) >= 11 is 0. The number of pyridine rings is 2. The number of hydrogen-bond donors (Lipinski definition) is 1. The summed E-state index contributed by atoms with van der Waals surface area (Å²) in [7, 11) is 3.92. The SMILES string of the molecule is CN1CCc2cc(C(=O)Nc3cc4cc(-c5cn(C)nn5)ncc4cn3)ccc2C1. The Morgan fingerprint density at radius 3 is 2.70 bits per heavy atom. The molecule has 0 fully saturated rings. The maximum absolute atomic E-state index is 12.8. The second kappa shape index (κ2) is 7.31. The fourth-order valence-electron chi connectivity index (χ4n) is 3.73. The predicted molar refractivity (Wildman–Crippen MR) is 114 cm³/mol. The molecule has 0 bridgehead atoms. The van der Waals surface area contributed by atoms with Gasteiger partial charge in [0.2, 0.25) is 0 Å². The van der Waals surface area contributed by atoms with Crippen LogP contribution in [0.4, 0.5) is 5.82 Å². The molecule has 4 aromatic rings. The Labute approximate surface area is 173 Å². The van der Waals surface area contributed by atoms with Crippen molar-refractivity contribution in [2.45, 2.75) is 13.0 Å². The molecule has 1 aliphatic rings. The largest absolute Gasteiger partial charge is 0.307 e. The van der Waals surface area contributed by atoms with Crippen LogP contribution in [-0.2, 0) is 20.0 Å². The Bertz CT molecular complexity index is 1260. The fraction of sp³-hybridized carbons (Fsp3) is 0.227. The van der Waals surface area contributed by atoms with E-state index < -0.39 is 0 Å². The number of likely N-dealkylation sites (N-methyl/N-ethyl adjacent to an activating group) is 1. The third kappa shape index (κ3) is 3.53. The molecule has 0 saturated heterocycles. The van der Waals surface area contributed by atoms with E-state index in [0.717, 1.165) is 36.0 Å². The third-order valence-electron chi connectivity index (χ3n) is 5.38. The van der Waals surface area contributed by atoms with Crippen molar-refractivity contribution in [3.63, 3.8) is 0 Å². The van der Waals surface area contributed by atoms with Gasteiger partial charge in [-0.1, -0.05) is 11.3 Å². The molecule has 1 N–H and O–H groups in total. The number of rotatable bonds is 3. The Morgan fingerprint density at radius 1 is 1.00 bits per heavy atom. The zero-order valence-corrected chi connectivity index (χ0v) is 16.8. The molecule has 1 amide bonds. The summed E-state index contributed by atoms with van der Waals surface area (Å²) in [5.41, 5.74) is 4.59. The molecule has 3 aromatic heterocycles. The summed E-state index contributed by atoms with van der Waals surface area (Å²) in [4.78, 5) is 23.9. The topological polar surface area (TPSA) is 88.8 Å². The minimum Gasteiger partial charge on any atom is -0.307 e. The van der Waals surface area contributed by atoms with Crippen LogP contribution in [0.15, 0.2) is 48.9 Å². The van der Waals surface area contributed by atoms with E-state index in [4.69, 9.17) is 0 Å². The minimum absolute atomic E-state index is 0.160. The molecule has 150 valence electrons. The first-order valence-electron chi connectivity index (χ1n) is 9.79. The van der Waals surface area contributed by atoms with Crippen molar-refractivity contribution < 1.29 is 4.79 Å². The van der Waals surface area contributed by atoms with Gasteiger partial charge in [0, 0.05) is 43.5 Å². The van der Waals surface area contributed by atoms with Crippen LogP contribution in [0.2, 0.25) is 0 Å². The molecular formula is C22H21N7O. The van der Waals surface area contributed by atoms with Crippen molar-refractivity contribution in [2.24, 2.45) is 7.05 Å². The summed E-state index contributed by atoms with van der Waals surface area (Å²) in [6.07, 6.45) is 6.23. The van der Waals surface area contributed by atoms with E-state index >= 15 is 0 Å². The highest BCUT2D eigenvalue weighted by Gasteiger charge is 2.16. The molecule has 0 spiro atoms. The molecule has 8 nitrogen and oxygen atoms in total. The molecule has 0 aliphatic carbocycles. The van der Waals surface area contributed by atoms with Gasteiger partial charge in [-0.3, -0.25) is 14.5 Å². The first-order chi connectivity index (χ1) is 14.5. The van der Waals surface area contributed by atoms with Gasteiger partial charge in [0.25, 0.3) is 5.91 Å². The summed E-state index contributed by atoms with van der Waals surface area (Å²) in [5.74, 6) is 0.341. The Kier molecular flexibility index (Phi) is 4.48.